The van der Waals surface area contributed by atoms with Gasteiger partial charge in [0.15, 0.2) is 0 Å². The minimum atomic E-state index is 0.371. The van der Waals surface area contributed by atoms with Crippen molar-refractivity contribution in [2.75, 3.05) is 5.73 Å². The number of fused-ring (bicyclic) bond motifs is 1. The summed E-state index contributed by atoms with van der Waals surface area (Å²) in [4.78, 5) is 4.36. The van der Waals surface area contributed by atoms with Gasteiger partial charge in [-0.25, -0.2) is 4.98 Å². The molecule has 1 aromatic heterocycles. The summed E-state index contributed by atoms with van der Waals surface area (Å²) >= 11 is 12.5. The van der Waals surface area contributed by atoms with Crippen LogP contribution in [0, 0.1) is 6.92 Å². The van der Waals surface area contributed by atoms with Crippen LogP contribution in [0.1, 0.15) is 5.56 Å². The lowest BCUT2D eigenvalue weighted by molar-refractivity contribution is 1.11. The first kappa shape index (κ1) is 12.3. The molecular weight excluding hydrogens is 281 g/mol. The van der Waals surface area contributed by atoms with E-state index >= 15 is 0 Å². The van der Waals surface area contributed by atoms with Gasteiger partial charge < -0.3 is 5.73 Å². The summed E-state index contributed by atoms with van der Waals surface area (Å²) in [5, 5.41) is 1.08. The summed E-state index contributed by atoms with van der Waals surface area (Å²) in [6, 6.07) is 11.3. The zero-order valence-corrected chi connectivity index (χ0v) is 11.7. The van der Waals surface area contributed by atoms with Gasteiger partial charge >= 0.3 is 0 Å². The number of nitrogens with two attached hydrogens (primary N) is 1. The first-order chi connectivity index (χ1) is 9.08. The molecule has 1 heterocycles. The van der Waals surface area contributed by atoms with Gasteiger partial charge in [-0.2, -0.15) is 0 Å². The van der Waals surface area contributed by atoms with Gasteiger partial charge in [-0.3, -0.25) is 4.57 Å². The molecule has 96 valence electrons. The molecule has 0 aliphatic carbocycles. The van der Waals surface area contributed by atoms with E-state index in [-0.39, 0.29) is 0 Å². The van der Waals surface area contributed by atoms with Gasteiger partial charge in [0, 0.05) is 0 Å². The second-order valence-corrected chi connectivity index (χ2v) is 5.18. The Kier molecular flexibility index (Phi) is 2.88. The molecule has 0 aliphatic rings. The molecule has 0 bridgehead atoms. The van der Waals surface area contributed by atoms with Crippen molar-refractivity contribution in [3.05, 3.63) is 52.0 Å². The van der Waals surface area contributed by atoms with Gasteiger partial charge in [0.05, 0.1) is 26.8 Å². The molecular formula is C14H11Cl2N3. The number of anilines is 1. The Bertz CT molecular complexity index is 757. The second-order valence-electron chi connectivity index (χ2n) is 4.37. The maximum Gasteiger partial charge on any atom is 0.206 e. The van der Waals surface area contributed by atoms with Crippen molar-refractivity contribution in [1.29, 1.82) is 0 Å². The first-order valence-corrected chi connectivity index (χ1v) is 6.52. The molecule has 0 amide bonds. The van der Waals surface area contributed by atoms with Gasteiger partial charge in [-0.1, -0.05) is 35.3 Å². The fourth-order valence-corrected chi connectivity index (χ4v) is 2.71. The molecule has 0 aliphatic heterocycles. The molecule has 0 atom stereocenters. The van der Waals surface area contributed by atoms with Crippen LogP contribution in [0.3, 0.4) is 0 Å². The summed E-state index contributed by atoms with van der Waals surface area (Å²) in [6.45, 7) is 2.01. The molecule has 0 saturated heterocycles. The number of hydrogen-bond donors (Lipinski definition) is 1. The van der Waals surface area contributed by atoms with Crippen molar-refractivity contribution < 1.29 is 0 Å². The maximum atomic E-state index is 6.24. The molecule has 3 aromatic rings. The molecule has 3 rings (SSSR count). The number of benzene rings is 2. The van der Waals surface area contributed by atoms with Gasteiger partial charge in [0.1, 0.15) is 0 Å². The van der Waals surface area contributed by atoms with Crippen LogP contribution in [0.4, 0.5) is 5.95 Å². The van der Waals surface area contributed by atoms with Crippen molar-refractivity contribution in [1.82, 2.24) is 9.55 Å². The number of nitrogen functional groups attached to an aromatic ring is 1. The van der Waals surface area contributed by atoms with Gasteiger partial charge in [0.2, 0.25) is 5.95 Å². The van der Waals surface area contributed by atoms with E-state index in [9.17, 15) is 0 Å². The first-order valence-electron chi connectivity index (χ1n) is 5.77. The third kappa shape index (κ3) is 1.95. The minimum absolute atomic E-state index is 0.371. The van der Waals surface area contributed by atoms with Crippen LogP contribution in [0.2, 0.25) is 10.0 Å². The molecule has 3 nitrogen and oxygen atoms in total. The molecule has 0 spiro atoms. The summed E-state index contributed by atoms with van der Waals surface area (Å²) < 4.78 is 1.78. The molecule has 5 heteroatoms. The quantitative estimate of drug-likeness (QED) is 0.729. The van der Waals surface area contributed by atoms with E-state index in [0.29, 0.717) is 21.7 Å². The number of aryl methyl sites for hydroxylation is 1. The number of nitrogens with zero attached hydrogens (tertiary/aromatic N) is 2. The molecule has 19 heavy (non-hydrogen) atoms. The monoisotopic (exact) mass is 291 g/mol. The van der Waals surface area contributed by atoms with Crippen molar-refractivity contribution in [3.8, 4) is 5.69 Å². The van der Waals surface area contributed by atoms with E-state index in [1.54, 1.807) is 22.8 Å². The van der Waals surface area contributed by atoms with Crippen molar-refractivity contribution in [3.63, 3.8) is 0 Å². The van der Waals surface area contributed by atoms with E-state index in [4.69, 9.17) is 28.9 Å². The summed E-state index contributed by atoms with van der Waals surface area (Å²) in [6.07, 6.45) is 0. The highest BCUT2D eigenvalue weighted by Gasteiger charge is 2.15. The molecule has 0 fully saturated rings. The smallest absolute Gasteiger partial charge is 0.206 e. The van der Waals surface area contributed by atoms with E-state index in [0.717, 1.165) is 16.6 Å². The molecule has 0 radical (unpaired) electrons. The Hall–Kier alpha value is -1.71. The lowest BCUT2D eigenvalue weighted by atomic mass is 10.2. The van der Waals surface area contributed by atoms with Crippen LogP contribution in [0.15, 0.2) is 36.4 Å². The summed E-state index contributed by atoms with van der Waals surface area (Å²) in [7, 11) is 0. The van der Waals surface area contributed by atoms with Crippen LogP contribution in [0.25, 0.3) is 16.7 Å². The third-order valence-corrected chi connectivity index (χ3v) is 3.61. The lowest BCUT2D eigenvalue weighted by Crippen LogP contribution is -2.02. The lowest BCUT2D eigenvalue weighted by Gasteiger charge is -2.10. The average Bonchev–Trinajstić information content (AvgIpc) is 2.65. The highest BCUT2D eigenvalue weighted by Crippen LogP contribution is 2.33. The van der Waals surface area contributed by atoms with Gasteiger partial charge in [-0.15, -0.1) is 0 Å². The van der Waals surface area contributed by atoms with Crippen LogP contribution in [-0.2, 0) is 0 Å². The molecule has 2 N–H and O–H groups in total. The van der Waals surface area contributed by atoms with Crippen molar-refractivity contribution >= 4 is 40.2 Å². The number of rotatable bonds is 1. The largest absolute Gasteiger partial charge is 0.369 e. The molecule has 0 saturated carbocycles. The predicted octanol–water partition coefficient (Wildman–Crippen LogP) is 4.22. The second kappa shape index (κ2) is 4.44. The van der Waals surface area contributed by atoms with Crippen LogP contribution < -0.4 is 5.73 Å². The zero-order chi connectivity index (χ0) is 13.6. The van der Waals surface area contributed by atoms with E-state index in [2.05, 4.69) is 4.98 Å². The van der Waals surface area contributed by atoms with Crippen LogP contribution in [-0.4, -0.2) is 9.55 Å². The minimum Gasteiger partial charge on any atom is -0.369 e. The van der Waals surface area contributed by atoms with Gasteiger partial charge in [-0.05, 0) is 36.8 Å². The number of para-hydroxylation sites is 1. The van der Waals surface area contributed by atoms with Gasteiger partial charge in [0.25, 0.3) is 0 Å². The Morgan fingerprint density at radius 3 is 2.47 bits per heavy atom. The molecule has 0 unspecified atom stereocenters. The van der Waals surface area contributed by atoms with E-state index in [1.807, 2.05) is 25.1 Å². The average molecular weight is 292 g/mol. The molecule has 2 aromatic carbocycles. The zero-order valence-electron chi connectivity index (χ0n) is 10.2. The predicted molar refractivity (Wildman–Crippen MR) is 80.2 cm³/mol. The topological polar surface area (TPSA) is 43.8 Å². The van der Waals surface area contributed by atoms with Crippen LogP contribution in [0.5, 0.6) is 0 Å². The maximum absolute atomic E-state index is 6.24. The van der Waals surface area contributed by atoms with Crippen molar-refractivity contribution in [2.24, 2.45) is 0 Å². The Morgan fingerprint density at radius 2 is 1.79 bits per heavy atom. The highest BCUT2D eigenvalue weighted by atomic mass is 35.5. The van der Waals surface area contributed by atoms with E-state index < -0.39 is 0 Å². The number of imidazole rings is 1. The normalized spacial score (nSPS) is 11.1. The summed E-state index contributed by atoms with van der Waals surface area (Å²) in [5.74, 6) is 0.371. The van der Waals surface area contributed by atoms with Crippen molar-refractivity contribution in [2.45, 2.75) is 6.92 Å². The number of halogens is 2. The van der Waals surface area contributed by atoms with E-state index in [1.165, 1.54) is 0 Å². The fourth-order valence-electron chi connectivity index (χ4n) is 2.15. The number of hydrogen-bond acceptors (Lipinski definition) is 2. The number of aromatic nitrogens is 2. The Balaban J connectivity index is 2.40. The fraction of sp³-hybridized carbons (Fsp3) is 0.0714. The Labute approximate surface area is 120 Å². The highest BCUT2D eigenvalue weighted by molar-refractivity contribution is 6.38. The standard InChI is InChI=1S/C14H11Cl2N3/c1-8-5-6-12-11(7-8)18-14(17)19(12)13-9(15)3-2-4-10(13)16/h2-7H,1H3,(H2,17,18). The third-order valence-electron chi connectivity index (χ3n) is 3.00. The SMILES string of the molecule is Cc1ccc2c(c1)nc(N)n2-c1c(Cl)cccc1Cl. The summed E-state index contributed by atoms with van der Waals surface area (Å²) in [5.41, 5.74) is 9.51. The Morgan fingerprint density at radius 1 is 1.11 bits per heavy atom. The van der Waals surface area contributed by atoms with Crippen LogP contribution >= 0.6 is 23.2 Å².